The van der Waals surface area contributed by atoms with Crippen molar-refractivity contribution in [3.8, 4) is 0 Å². The SMILES string of the molecule is Cc1cnn2c1NCCC2. The second kappa shape index (κ2) is 2.01. The van der Waals surface area contributed by atoms with Crippen LogP contribution in [0.1, 0.15) is 12.0 Å². The van der Waals surface area contributed by atoms with E-state index in [-0.39, 0.29) is 0 Å². The van der Waals surface area contributed by atoms with E-state index in [1.54, 1.807) is 0 Å². The van der Waals surface area contributed by atoms with Gasteiger partial charge in [0.2, 0.25) is 0 Å². The molecule has 0 unspecified atom stereocenters. The molecule has 3 heteroatoms. The molecule has 0 aliphatic carbocycles. The second-order valence-corrected chi connectivity index (χ2v) is 2.68. The Morgan fingerprint density at radius 1 is 1.70 bits per heavy atom. The molecule has 0 saturated carbocycles. The van der Waals surface area contributed by atoms with Crippen molar-refractivity contribution >= 4 is 5.82 Å². The van der Waals surface area contributed by atoms with E-state index in [0.29, 0.717) is 0 Å². The Kier molecular flexibility index (Phi) is 1.16. The average molecular weight is 137 g/mol. The third-order valence-electron chi connectivity index (χ3n) is 1.86. The number of nitrogens with zero attached hydrogens (tertiary/aromatic N) is 2. The molecule has 0 bridgehead atoms. The zero-order valence-electron chi connectivity index (χ0n) is 6.09. The van der Waals surface area contributed by atoms with Gasteiger partial charge in [0.05, 0.1) is 6.20 Å². The molecule has 0 aromatic carbocycles. The third kappa shape index (κ3) is 0.701. The predicted octanol–water partition coefficient (Wildman–Crippen LogP) is 1.01. The largest absolute Gasteiger partial charge is 0.370 e. The quantitative estimate of drug-likeness (QED) is 0.578. The lowest BCUT2D eigenvalue weighted by atomic mass is 10.3. The van der Waals surface area contributed by atoms with E-state index in [1.165, 1.54) is 17.8 Å². The molecule has 0 amide bonds. The number of aryl methyl sites for hydroxylation is 2. The van der Waals surface area contributed by atoms with Gasteiger partial charge in [0.25, 0.3) is 0 Å². The molecule has 0 spiro atoms. The van der Waals surface area contributed by atoms with Gasteiger partial charge < -0.3 is 5.32 Å². The summed E-state index contributed by atoms with van der Waals surface area (Å²) in [4.78, 5) is 0. The first-order valence-corrected chi connectivity index (χ1v) is 3.64. The van der Waals surface area contributed by atoms with Gasteiger partial charge in [0, 0.05) is 18.7 Å². The van der Waals surface area contributed by atoms with Crippen molar-refractivity contribution in [2.75, 3.05) is 11.9 Å². The Morgan fingerprint density at radius 2 is 2.60 bits per heavy atom. The monoisotopic (exact) mass is 137 g/mol. The van der Waals surface area contributed by atoms with E-state index < -0.39 is 0 Å². The lowest BCUT2D eigenvalue weighted by Crippen LogP contribution is -2.17. The van der Waals surface area contributed by atoms with Crippen molar-refractivity contribution in [1.29, 1.82) is 0 Å². The van der Waals surface area contributed by atoms with E-state index in [9.17, 15) is 0 Å². The third-order valence-corrected chi connectivity index (χ3v) is 1.86. The van der Waals surface area contributed by atoms with Crippen LogP contribution >= 0.6 is 0 Å². The first-order valence-electron chi connectivity index (χ1n) is 3.64. The summed E-state index contributed by atoms with van der Waals surface area (Å²) in [6.07, 6.45) is 3.10. The highest BCUT2D eigenvalue weighted by Gasteiger charge is 2.09. The number of anilines is 1. The highest BCUT2D eigenvalue weighted by molar-refractivity contribution is 5.43. The molecular formula is C7H11N3. The number of fused-ring (bicyclic) bond motifs is 1. The van der Waals surface area contributed by atoms with Crippen molar-refractivity contribution in [2.24, 2.45) is 0 Å². The van der Waals surface area contributed by atoms with Crippen LogP contribution in [-0.2, 0) is 6.54 Å². The van der Waals surface area contributed by atoms with Gasteiger partial charge in [-0.1, -0.05) is 0 Å². The molecule has 1 aliphatic heterocycles. The first kappa shape index (κ1) is 5.77. The van der Waals surface area contributed by atoms with E-state index in [0.717, 1.165) is 13.1 Å². The second-order valence-electron chi connectivity index (χ2n) is 2.68. The number of nitrogens with one attached hydrogen (secondary N) is 1. The fraction of sp³-hybridized carbons (Fsp3) is 0.571. The molecule has 54 valence electrons. The van der Waals surface area contributed by atoms with Crippen molar-refractivity contribution in [3.63, 3.8) is 0 Å². The molecule has 0 radical (unpaired) electrons. The lowest BCUT2D eigenvalue weighted by molar-refractivity contribution is 0.567. The lowest BCUT2D eigenvalue weighted by Gasteiger charge is -2.15. The molecule has 2 heterocycles. The van der Waals surface area contributed by atoms with Crippen LogP contribution in [0.3, 0.4) is 0 Å². The van der Waals surface area contributed by atoms with Crippen LogP contribution in [-0.4, -0.2) is 16.3 Å². The van der Waals surface area contributed by atoms with Crippen molar-refractivity contribution in [1.82, 2.24) is 9.78 Å². The Bertz CT molecular complexity index is 239. The highest BCUT2D eigenvalue weighted by atomic mass is 15.3. The maximum absolute atomic E-state index is 4.21. The minimum absolute atomic E-state index is 1.07. The molecule has 0 atom stereocenters. The summed E-state index contributed by atoms with van der Waals surface area (Å²) in [6.45, 7) is 4.24. The van der Waals surface area contributed by atoms with Crippen LogP contribution in [0.5, 0.6) is 0 Å². The average Bonchev–Trinajstić information content (AvgIpc) is 2.34. The standard InChI is InChI=1S/C7H11N3/c1-6-5-9-10-4-2-3-8-7(6)10/h5,8H,2-4H2,1H3. The van der Waals surface area contributed by atoms with E-state index in [4.69, 9.17) is 0 Å². The fourth-order valence-corrected chi connectivity index (χ4v) is 1.31. The molecule has 0 fully saturated rings. The van der Waals surface area contributed by atoms with E-state index in [2.05, 4.69) is 17.3 Å². The van der Waals surface area contributed by atoms with Gasteiger partial charge in [0.1, 0.15) is 5.82 Å². The van der Waals surface area contributed by atoms with Crippen LogP contribution in [0.15, 0.2) is 6.20 Å². The number of rotatable bonds is 0. The molecule has 1 aromatic heterocycles. The van der Waals surface area contributed by atoms with Crippen molar-refractivity contribution in [3.05, 3.63) is 11.8 Å². The molecule has 2 rings (SSSR count). The topological polar surface area (TPSA) is 29.9 Å². The Hall–Kier alpha value is -0.990. The molecule has 3 nitrogen and oxygen atoms in total. The zero-order valence-corrected chi connectivity index (χ0v) is 6.09. The van der Waals surface area contributed by atoms with Gasteiger partial charge in [0.15, 0.2) is 0 Å². The van der Waals surface area contributed by atoms with Gasteiger partial charge in [-0.15, -0.1) is 0 Å². The van der Waals surface area contributed by atoms with Gasteiger partial charge in [-0.3, -0.25) is 0 Å². The minimum atomic E-state index is 1.07. The molecular weight excluding hydrogens is 126 g/mol. The van der Waals surface area contributed by atoms with Crippen LogP contribution in [0, 0.1) is 6.92 Å². The van der Waals surface area contributed by atoms with E-state index in [1.807, 2.05) is 10.9 Å². The summed E-state index contributed by atoms with van der Waals surface area (Å²) in [5, 5.41) is 7.52. The molecule has 0 saturated heterocycles. The first-order chi connectivity index (χ1) is 4.88. The number of aromatic nitrogens is 2. The molecule has 1 aliphatic rings. The van der Waals surface area contributed by atoms with Gasteiger partial charge in [-0.05, 0) is 13.3 Å². The molecule has 1 N–H and O–H groups in total. The Morgan fingerprint density at radius 3 is 3.40 bits per heavy atom. The summed E-state index contributed by atoms with van der Waals surface area (Å²) < 4.78 is 2.03. The van der Waals surface area contributed by atoms with Crippen LogP contribution in [0.4, 0.5) is 5.82 Å². The van der Waals surface area contributed by atoms with Gasteiger partial charge in [-0.2, -0.15) is 5.10 Å². The summed E-state index contributed by atoms with van der Waals surface area (Å²) in [7, 11) is 0. The Balaban J connectivity index is 2.45. The zero-order chi connectivity index (χ0) is 6.97. The molecule has 1 aromatic rings. The van der Waals surface area contributed by atoms with Crippen LogP contribution in [0.25, 0.3) is 0 Å². The van der Waals surface area contributed by atoms with Gasteiger partial charge in [-0.25, -0.2) is 4.68 Å². The normalized spacial score (nSPS) is 16.1. The van der Waals surface area contributed by atoms with Crippen molar-refractivity contribution in [2.45, 2.75) is 19.9 Å². The maximum Gasteiger partial charge on any atom is 0.127 e. The Labute approximate surface area is 60.0 Å². The van der Waals surface area contributed by atoms with Crippen molar-refractivity contribution < 1.29 is 0 Å². The fourth-order valence-electron chi connectivity index (χ4n) is 1.31. The maximum atomic E-state index is 4.21. The smallest absolute Gasteiger partial charge is 0.127 e. The summed E-state index contributed by atoms with van der Waals surface area (Å²) in [5.41, 5.74) is 1.25. The number of hydrogen-bond acceptors (Lipinski definition) is 2. The number of hydrogen-bond donors (Lipinski definition) is 1. The molecule has 10 heavy (non-hydrogen) atoms. The summed E-state index contributed by atoms with van der Waals surface area (Å²) >= 11 is 0. The van der Waals surface area contributed by atoms with Crippen LogP contribution in [0.2, 0.25) is 0 Å². The highest BCUT2D eigenvalue weighted by Crippen LogP contribution is 2.16. The minimum Gasteiger partial charge on any atom is -0.370 e. The van der Waals surface area contributed by atoms with E-state index >= 15 is 0 Å². The van der Waals surface area contributed by atoms with Gasteiger partial charge >= 0.3 is 0 Å². The predicted molar refractivity (Wildman–Crippen MR) is 40.1 cm³/mol. The summed E-state index contributed by atoms with van der Waals surface area (Å²) in [5.74, 6) is 1.20. The van der Waals surface area contributed by atoms with Crippen LogP contribution < -0.4 is 5.32 Å². The summed E-state index contributed by atoms with van der Waals surface area (Å²) in [6, 6.07) is 0.